The van der Waals surface area contributed by atoms with E-state index in [-0.39, 0.29) is 17.8 Å². The predicted molar refractivity (Wildman–Crippen MR) is 148 cm³/mol. The minimum atomic E-state index is -0.311. The number of amides is 3. The van der Waals surface area contributed by atoms with Crippen LogP contribution in [0.25, 0.3) is 11.3 Å². The van der Waals surface area contributed by atoms with E-state index in [1.165, 1.54) is 17.7 Å². The Kier molecular flexibility index (Phi) is 7.77. The van der Waals surface area contributed by atoms with Gasteiger partial charge in [0, 0.05) is 55.7 Å². The van der Waals surface area contributed by atoms with E-state index in [1.807, 2.05) is 49.4 Å². The van der Waals surface area contributed by atoms with Gasteiger partial charge in [-0.05, 0) is 55.0 Å². The molecule has 2 heterocycles. The Morgan fingerprint density at radius 2 is 1.51 bits per heavy atom. The van der Waals surface area contributed by atoms with Crippen LogP contribution in [0.2, 0.25) is 0 Å². The molecule has 1 aliphatic heterocycles. The Morgan fingerprint density at radius 1 is 0.846 bits per heavy atom. The van der Waals surface area contributed by atoms with Crippen LogP contribution in [0, 0.1) is 12.7 Å². The molecule has 2 N–H and O–H groups in total. The Bertz CT molecular complexity index is 1430. The van der Waals surface area contributed by atoms with E-state index in [2.05, 4.69) is 20.6 Å². The molecule has 1 aliphatic rings. The number of hydrogen-bond donors (Lipinski definition) is 2. The molecule has 3 aromatic carbocycles. The lowest BCUT2D eigenvalue weighted by atomic mass is 10.1. The van der Waals surface area contributed by atoms with E-state index in [1.54, 1.807) is 40.3 Å². The summed E-state index contributed by atoms with van der Waals surface area (Å²) in [6, 6.07) is 23.0. The first kappa shape index (κ1) is 25.8. The van der Waals surface area contributed by atoms with Gasteiger partial charge >= 0.3 is 6.03 Å². The van der Waals surface area contributed by atoms with Gasteiger partial charge in [-0.3, -0.25) is 4.79 Å². The second-order valence-corrected chi connectivity index (χ2v) is 9.40. The average Bonchev–Trinajstić information content (AvgIpc) is 2.97. The molecule has 0 unspecified atom stereocenters. The van der Waals surface area contributed by atoms with Crippen LogP contribution in [-0.4, -0.2) is 57.9 Å². The summed E-state index contributed by atoms with van der Waals surface area (Å²) in [6.45, 7) is 4.14. The van der Waals surface area contributed by atoms with Crippen molar-refractivity contribution in [3.05, 3.63) is 108 Å². The molecule has 0 spiro atoms. The molecule has 0 aliphatic carbocycles. The normalized spacial score (nSPS) is 13.2. The summed E-state index contributed by atoms with van der Waals surface area (Å²) in [6.07, 6.45) is 1.71. The van der Waals surface area contributed by atoms with E-state index >= 15 is 0 Å². The molecular weight excluding hydrogens is 495 g/mol. The highest BCUT2D eigenvalue weighted by atomic mass is 19.1. The first-order valence-electron chi connectivity index (χ1n) is 12.8. The monoisotopic (exact) mass is 524 g/mol. The van der Waals surface area contributed by atoms with Crippen molar-refractivity contribution in [2.75, 3.05) is 31.5 Å². The number of urea groups is 1. The van der Waals surface area contributed by atoms with E-state index < -0.39 is 0 Å². The molecule has 198 valence electrons. The van der Waals surface area contributed by atoms with E-state index in [0.717, 1.165) is 22.5 Å². The van der Waals surface area contributed by atoms with Crippen LogP contribution in [0.1, 0.15) is 21.5 Å². The van der Waals surface area contributed by atoms with Crippen LogP contribution in [0.5, 0.6) is 0 Å². The van der Waals surface area contributed by atoms with E-state index in [0.29, 0.717) is 44.2 Å². The average molecular weight is 525 g/mol. The number of anilines is 2. The number of halogens is 1. The number of piperazine rings is 1. The summed E-state index contributed by atoms with van der Waals surface area (Å²) < 4.78 is 13.0. The number of nitrogens with zero attached hydrogens (tertiary/aromatic N) is 4. The zero-order chi connectivity index (χ0) is 27.2. The molecule has 1 saturated heterocycles. The highest BCUT2D eigenvalue weighted by molar-refractivity contribution is 5.94. The largest absolute Gasteiger partial charge is 0.335 e. The lowest BCUT2D eigenvalue weighted by Gasteiger charge is -2.34. The minimum absolute atomic E-state index is 0.0782. The van der Waals surface area contributed by atoms with Crippen LogP contribution < -0.4 is 10.6 Å². The Labute approximate surface area is 226 Å². The molecule has 9 heteroatoms. The van der Waals surface area contributed by atoms with E-state index in [4.69, 9.17) is 0 Å². The van der Waals surface area contributed by atoms with Gasteiger partial charge in [-0.2, -0.15) is 0 Å². The van der Waals surface area contributed by atoms with Gasteiger partial charge in [0.05, 0.1) is 5.69 Å². The fourth-order valence-corrected chi connectivity index (χ4v) is 4.32. The number of benzene rings is 3. The quantitative estimate of drug-likeness (QED) is 0.370. The third-order valence-corrected chi connectivity index (χ3v) is 6.60. The van der Waals surface area contributed by atoms with Crippen LogP contribution in [0.3, 0.4) is 0 Å². The lowest BCUT2D eigenvalue weighted by Crippen LogP contribution is -2.53. The smallest absolute Gasteiger partial charge is 0.317 e. The van der Waals surface area contributed by atoms with Gasteiger partial charge in [-0.1, -0.05) is 42.0 Å². The molecular formula is C30H29FN6O2. The maximum atomic E-state index is 13.0. The van der Waals surface area contributed by atoms with E-state index in [9.17, 15) is 14.0 Å². The topological polar surface area (TPSA) is 90.5 Å². The Hall–Kier alpha value is -4.79. The molecule has 39 heavy (non-hydrogen) atoms. The van der Waals surface area contributed by atoms with Gasteiger partial charge in [-0.25, -0.2) is 19.2 Å². The predicted octanol–water partition coefficient (Wildman–Crippen LogP) is 5.00. The van der Waals surface area contributed by atoms with Crippen molar-refractivity contribution in [3.63, 3.8) is 0 Å². The van der Waals surface area contributed by atoms with Crippen molar-refractivity contribution < 1.29 is 14.0 Å². The van der Waals surface area contributed by atoms with Crippen molar-refractivity contribution in [2.24, 2.45) is 0 Å². The summed E-state index contributed by atoms with van der Waals surface area (Å²) in [5.74, 6) is 0.0842. The fourth-order valence-electron chi connectivity index (χ4n) is 4.32. The Morgan fingerprint density at radius 3 is 2.21 bits per heavy atom. The number of aryl methyl sites for hydroxylation is 1. The number of nitrogens with one attached hydrogen (secondary N) is 2. The Balaban J connectivity index is 1.12. The second kappa shape index (κ2) is 11.7. The maximum absolute atomic E-state index is 13.0. The van der Waals surface area contributed by atoms with Gasteiger partial charge in [0.15, 0.2) is 0 Å². The molecule has 8 nitrogen and oxygen atoms in total. The molecule has 1 aromatic heterocycles. The van der Waals surface area contributed by atoms with Gasteiger partial charge in [0.25, 0.3) is 5.91 Å². The van der Waals surface area contributed by atoms with Gasteiger partial charge in [0.2, 0.25) is 5.95 Å². The molecule has 3 amide bonds. The van der Waals surface area contributed by atoms with Crippen LogP contribution in [-0.2, 0) is 6.54 Å². The fraction of sp³-hybridized carbons (Fsp3) is 0.200. The standard InChI is InChI=1S/C30H29FN6O2/c1-21-2-6-23(7-3-21)27-14-15-32-29(35-27)34-26-12-8-24(9-13-26)28(38)36-16-18-37(19-17-36)30(39)33-20-22-4-10-25(31)11-5-22/h2-15H,16-20H2,1H3,(H,33,39)(H,32,34,35). The number of carbonyl (C=O) groups excluding carboxylic acids is 2. The molecule has 1 fully saturated rings. The SMILES string of the molecule is Cc1ccc(-c2ccnc(Nc3ccc(C(=O)N4CCN(C(=O)NCc5ccc(F)cc5)CC4)cc3)n2)cc1. The van der Waals surface area contributed by atoms with Crippen molar-refractivity contribution in [3.8, 4) is 11.3 Å². The zero-order valence-electron chi connectivity index (χ0n) is 21.6. The lowest BCUT2D eigenvalue weighted by molar-refractivity contribution is 0.0665. The molecule has 0 radical (unpaired) electrons. The number of carbonyl (C=O) groups is 2. The van der Waals surface area contributed by atoms with Crippen LogP contribution >= 0.6 is 0 Å². The molecule has 4 aromatic rings. The number of rotatable bonds is 6. The first-order chi connectivity index (χ1) is 18.9. The van der Waals surface area contributed by atoms with Crippen molar-refractivity contribution in [1.29, 1.82) is 0 Å². The first-order valence-corrected chi connectivity index (χ1v) is 12.8. The third-order valence-electron chi connectivity index (χ3n) is 6.60. The summed E-state index contributed by atoms with van der Waals surface area (Å²) in [7, 11) is 0. The molecule has 0 atom stereocenters. The summed E-state index contributed by atoms with van der Waals surface area (Å²) in [5.41, 5.74) is 5.19. The molecule has 5 rings (SSSR count). The zero-order valence-corrected chi connectivity index (χ0v) is 21.6. The van der Waals surface area contributed by atoms with Crippen LogP contribution in [0.15, 0.2) is 85.1 Å². The number of hydrogen-bond acceptors (Lipinski definition) is 5. The van der Waals surface area contributed by atoms with Crippen molar-refractivity contribution >= 4 is 23.6 Å². The molecule has 0 saturated carbocycles. The van der Waals surface area contributed by atoms with Crippen molar-refractivity contribution in [1.82, 2.24) is 25.1 Å². The molecule has 0 bridgehead atoms. The number of aromatic nitrogens is 2. The van der Waals surface area contributed by atoms with Gasteiger partial charge in [0.1, 0.15) is 5.82 Å². The van der Waals surface area contributed by atoms with Crippen molar-refractivity contribution in [2.45, 2.75) is 13.5 Å². The second-order valence-electron chi connectivity index (χ2n) is 9.40. The maximum Gasteiger partial charge on any atom is 0.317 e. The van der Waals surface area contributed by atoms with Crippen LogP contribution in [0.4, 0.5) is 20.8 Å². The third kappa shape index (κ3) is 6.56. The van der Waals surface area contributed by atoms with Gasteiger partial charge < -0.3 is 20.4 Å². The summed E-state index contributed by atoms with van der Waals surface area (Å²) in [4.78, 5) is 37.9. The summed E-state index contributed by atoms with van der Waals surface area (Å²) >= 11 is 0. The summed E-state index contributed by atoms with van der Waals surface area (Å²) in [5, 5.41) is 6.05. The highest BCUT2D eigenvalue weighted by Crippen LogP contribution is 2.21. The highest BCUT2D eigenvalue weighted by Gasteiger charge is 2.24. The van der Waals surface area contributed by atoms with Gasteiger partial charge in [-0.15, -0.1) is 0 Å². The minimum Gasteiger partial charge on any atom is -0.335 e.